The molecule has 1 heterocycles. The zero-order valence-corrected chi connectivity index (χ0v) is 31.6. The maximum absolute atomic E-state index is 13.7. The number of benzene rings is 2. The van der Waals surface area contributed by atoms with Crippen molar-refractivity contribution in [2.75, 3.05) is 0 Å². The number of ether oxygens (including phenoxy) is 1. The molecule has 1 saturated heterocycles. The molecule has 0 radical (unpaired) electrons. The molecular weight excluding hydrogens is 599 g/mol. The van der Waals surface area contributed by atoms with Gasteiger partial charge in [-0.1, -0.05) is 95.1 Å². The molecule has 1 saturated carbocycles. The number of hydrogen-bond acceptors (Lipinski definition) is 6. The molecule has 1 N–H and O–H groups in total. The molecule has 4 rings (SSSR count). The monoisotopic (exact) mass is 660 g/mol. The Balaban J connectivity index is 0.00000201. The summed E-state index contributed by atoms with van der Waals surface area (Å²) in [4.78, 5) is 24.1. The first-order valence-electron chi connectivity index (χ1n) is 17.8. The number of amides is 1. The van der Waals surface area contributed by atoms with Crippen LogP contribution in [0.5, 0.6) is 0 Å². The molecule has 2 aromatic carbocycles. The number of carbonyl (C=O) groups excluding carboxylic acids is 2. The maximum Gasteiger partial charge on any atom is 0.457 e. The van der Waals surface area contributed by atoms with Gasteiger partial charge < -0.3 is 18.9 Å². The number of hydrogen-bond donors (Lipinski definition) is 1. The summed E-state index contributed by atoms with van der Waals surface area (Å²) in [6.07, 6.45) is 7.99. The molecule has 7 nitrogen and oxygen atoms in total. The summed E-state index contributed by atoms with van der Waals surface area (Å²) in [7, 11) is -0.129. The van der Waals surface area contributed by atoms with E-state index >= 15 is 0 Å². The lowest BCUT2D eigenvalue weighted by atomic mass is 9.58. The number of unbranched alkanes of at least 4 members (excludes halogenated alkanes) is 1. The first-order chi connectivity index (χ1) is 22.2. The Morgan fingerprint density at radius 1 is 0.896 bits per heavy atom. The van der Waals surface area contributed by atoms with Crippen LogP contribution in [0.1, 0.15) is 120 Å². The van der Waals surface area contributed by atoms with Crippen LogP contribution >= 0.6 is 0 Å². The van der Waals surface area contributed by atoms with Gasteiger partial charge in [0, 0.05) is 12.6 Å². The highest BCUT2D eigenvalue weighted by atomic mass is 16.7. The van der Waals surface area contributed by atoms with Crippen molar-refractivity contribution >= 4 is 19.3 Å². The summed E-state index contributed by atoms with van der Waals surface area (Å²) in [6.45, 7) is 24.6. The van der Waals surface area contributed by atoms with Gasteiger partial charge in [0.2, 0.25) is 6.08 Å². The fourth-order valence-corrected chi connectivity index (χ4v) is 7.19. The lowest BCUT2D eigenvalue weighted by Crippen LogP contribution is -2.43. The molecule has 1 amide bonds. The van der Waals surface area contributed by atoms with E-state index in [1.165, 1.54) is 11.1 Å². The average Bonchev–Trinajstić information content (AvgIpc) is 3.55. The van der Waals surface area contributed by atoms with Gasteiger partial charge in [-0.2, -0.15) is 0 Å². The molecule has 2 aliphatic rings. The van der Waals surface area contributed by atoms with Crippen LogP contribution in [0.4, 0.5) is 4.79 Å². The second kappa shape index (κ2) is 15.7. The van der Waals surface area contributed by atoms with Gasteiger partial charge in [-0.05, 0) is 114 Å². The van der Waals surface area contributed by atoms with Crippen LogP contribution in [0.3, 0.4) is 0 Å². The average molecular weight is 661 g/mol. The van der Waals surface area contributed by atoms with Gasteiger partial charge in [-0.15, -0.1) is 0 Å². The molecule has 2 fully saturated rings. The minimum Gasteiger partial charge on any atom is -0.444 e. The molecule has 3 atom stereocenters. The first kappa shape index (κ1) is 39.5. The van der Waals surface area contributed by atoms with Crippen molar-refractivity contribution in [1.29, 1.82) is 5.41 Å². The normalized spacial score (nSPS) is 21.4. The zero-order chi connectivity index (χ0) is 36.0. The van der Waals surface area contributed by atoms with Gasteiger partial charge in [0.25, 0.3) is 0 Å². The molecule has 48 heavy (non-hydrogen) atoms. The van der Waals surface area contributed by atoms with Crippen LogP contribution in [-0.2, 0) is 25.4 Å². The standard InChI is InChI=1S/C39H60BNO4.CHNO/c1-35(2,3)39(11,25-15-16-26-40-44-37(7,8)38(9,10)45-40)32-23-24-33(27-32)41(34(42)43-36(4,5)6)28-29-19-21-31(22-20-29)30-17-13-12-14-18-30;2-1-3/h12-14,17-22,32-33H,15-16,23-28H2,1-11H3;2H/t32-,33+,39?;/m1./s1. The van der Waals surface area contributed by atoms with Gasteiger partial charge in [-0.25, -0.2) is 15.0 Å². The van der Waals surface area contributed by atoms with Gasteiger partial charge in [0.05, 0.1) is 11.2 Å². The van der Waals surface area contributed by atoms with Gasteiger partial charge in [0.15, 0.2) is 0 Å². The van der Waals surface area contributed by atoms with Crippen molar-refractivity contribution < 1.29 is 23.6 Å². The first-order valence-corrected chi connectivity index (χ1v) is 17.8. The van der Waals surface area contributed by atoms with Crippen LogP contribution in [0.2, 0.25) is 6.32 Å². The fraction of sp³-hybridized carbons (Fsp3) is 0.650. The van der Waals surface area contributed by atoms with Gasteiger partial charge in [-0.3, -0.25) is 0 Å². The van der Waals surface area contributed by atoms with Crippen molar-refractivity contribution in [3.8, 4) is 11.1 Å². The van der Waals surface area contributed by atoms with Crippen LogP contribution < -0.4 is 0 Å². The second-order valence-corrected chi connectivity index (χ2v) is 17.0. The molecule has 2 aromatic rings. The Morgan fingerprint density at radius 3 is 1.96 bits per heavy atom. The van der Waals surface area contributed by atoms with Crippen LogP contribution in [0, 0.1) is 22.2 Å². The summed E-state index contributed by atoms with van der Waals surface area (Å²) >= 11 is 0. The topological polar surface area (TPSA) is 88.9 Å². The van der Waals surface area contributed by atoms with Crippen molar-refractivity contribution in [2.45, 2.75) is 150 Å². The van der Waals surface area contributed by atoms with E-state index in [1.54, 1.807) is 0 Å². The van der Waals surface area contributed by atoms with E-state index in [4.69, 9.17) is 24.2 Å². The second-order valence-electron chi connectivity index (χ2n) is 17.0. The van der Waals surface area contributed by atoms with Crippen LogP contribution in [0.15, 0.2) is 54.6 Å². The Labute approximate surface area is 291 Å². The number of rotatable bonds is 10. The molecule has 1 aliphatic heterocycles. The third-order valence-corrected chi connectivity index (χ3v) is 11.2. The van der Waals surface area contributed by atoms with E-state index in [0.29, 0.717) is 12.5 Å². The lowest BCUT2D eigenvalue weighted by Gasteiger charge is -2.47. The van der Waals surface area contributed by atoms with Crippen molar-refractivity contribution in [3.63, 3.8) is 0 Å². The van der Waals surface area contributed by atoms with Crippen LogP contribution in [-0.4, -0.2) is 47.0 Å². The van der Waals surface area contributed by atoms with Gasteiger partial charge in [0.1, 0.15) is 5.60 Å². The van der Waals surface area contributed by atoms with E-state index in [2.05, 4.69) is 104 Å². The molecule has 0 spiro atoms. The van der Waals surface area contributed by atoms with E-state index < -0.39 is 5.60 Å². The Bertz CT molecular complexity index is 1340. The van der Waals surface area contributed by atoms with Crippen molar-refractivity contribution in [3.05, 3.63) is 60.2 Å². The maximum atomic E-state index is 13.7. The fourth-order valence-electron chi connectivity index (χ4n) is 7.19. The SMILES string of the molecule is CC(C)(C)OC(=O)N(Cc1ccc(-c2ccccc2)cc1)[C@H]1CC[C@@H](C(C)(CCCCB2OC(C)(C)C(C)(C)O2)C(C)(C)C)C1.N=C=O. The van der Waals surface area contributed by atoms with E-state index in [0.717, 1.165) is 56.5 Å². The molecule has 0 aromatic heterocycles. The molecule has 1 unspecified atom stereocenters. The van der Waals surface area contributed by atoms with Gasteiger partial charge >= 0.3 is 13.2 Å². The Morgan fingerprint density at radius 2 is 1.44 bits per heavy atom. The molecular formula is C40H61BN2O5. The minimum absolute atomic E-state index is 0.129. The summed E-state index contributed by atoms with van der Waals surface area (Å²) in [6, 6.07) is 19.2. The number of nitrogens with zero attached hydrogens (tertiary/aromatic N) is 1. The predicted molar refractivity (Wildman–Crippen MR) is 195 cm³/mol. The quantitative estimate of drug-likeness (QED) is 0.119. The van der Waals surface area contributed by atoms with E-state index in [9.17, 15) is 4.79 Å². The third kappa shape index (κ3) is 10.1. The smallest absolute Gasteiger partial charge is 0.444 e. The van der Waals surface area contributed by atoms with Crippen LogP contribution in [0.25, 0.3) is 11.1 Å². The molecule has 0 bridgehead atoms. The number of isocyanates is 1. The number of nitrogens with one attached hydrogen (secondary N) is 1. The highest BCUT2D eigenvalue weighted by Gasteiger charge is 2.51. The Hall–Kier alpha value is -2.93. The summed E-state index contributed by atoms with van der Waals surface area (Å²) < 4.78 is 18.5. The highest BCUT2D eigenvalue weighted by Crippen LogP contribution is 2.54. The third-order valence-electron chi connectivity index (χ3n) is 11.2. The number of carbonyl (C=O) groups is 1. The molecule has 1 aliphatic carbocycles. The van der Waals surface area contributed by atoms with Crippen molar-refractivity contribution in [1.82, 2.24) is 4.90 Å². The summed E-state index contributed by atoms with van der Waals surface area (Å²) in [5.41, 5.74) is 2.70. The largest absolute Gasteiger partial charge is 0.457 e. The van der Waals surface area contributed by atoms with Crippen molar-refractivity contribution in [2.24, 2.45) is 16.7 Å². The predicted octanol–water partition coefficient (Wildman–Crippen LogP) is 10.5. The Kier molecular flexibility index (Phi) is 13.0. The molecule has 8 heteroatoms. The van der Waals surface area contributed by atoms with E-state index in [1.807, 2.05) is 31.7 Å². The lowest BCUT2D eigenvalue weighted by molar-refractivity contribution is 0.00554. The minimum atomic E-state index is -0.540. The summed E-state index contributed by atoms with van der Waals surface area (Å²) in [5, 5.41) is 5.40. The van der Waals surface area contributed by atoms with E-state index in [-0.39, 0.29) is 41.3 Å². The summed E-state index contributed by atoms with van der Waals surface area (Å²) in [5.74, 6) is 0.532. The molecule has 264 valence electrons. The highest BCUT2D eigenvalue weighted by molar-refractivity contribution is 6.45. The zero-order valence-electron chi connectivity index (χ0n) is 31.6.